The molecular weight excluding hydrogens is 471 g/mol. The molecule has 1 N–H and O–H groups in total. The lowest BCUT2D eigenvalue weighted by Gasteiger charge is -2.13. The smallest absolute Gasteiger partial charge is 0.270 e. The first-order valence-electron chi connectivity index (χ1n) is 10.3. The first-order chi connectivity index (χ1) is 15.6. The molecule has 10 heteroatoms. The summed E-state index contributed by atoms with van der Waals surface area (Å²) < 4.78 is 45.9. The van der Waals surface area contributed by atoms with Gasteiger partial charge in [0.05, 0.1) is 17.3 Å². The van der Waals surface area contributed by atoms with Crippen LogP contribution in [0.5, 0.6) is 11.5 Å². The molecule has 176 valence electrons. The van der Waals surface area contributed by atoms with Crippen LogP contribution < -0.4 is 10.3 Å². The second kappa shape index (κ2) is 10.4. The van der Waals surface area contributed by atoms with E-state index in [2.05, 4.69) is 5.10 Å². The molecule has 1 heterocycles. The molecule has 7 nitrogen and oxygen atoms in total. The number of aryl methyl sites for hydroxylation is 2. The van der Waals surface area contributed by atoms with Crippen LogP contribution in [0.4, 0.5) is 4.39 Å². The van der Waals surface area contributed by atoms with Crippen LogP contribution in [0.15, 0.2) is 52.2 Å². The number of phenols is 1. The molecule has 0 amide bonds. The van der Waals surface area contributed by atoms with Crippen molar-refractivity contribution in [3.05, 3.63) is 69.2 Å². The Morgan fingerprint density at radius 2 is 1.91 bits per heavy atom. The van der Waals surface area contributed by atoms with Crippen molar-refractivity contribution >= 4 is 21.4 Å². The van der Waals surface area contributed by atoms with E-state index in [-0.39, 0.29) is 40.0 Å². The Morgan fingerprint density at radius 3 is 2.64 bits per heavy atom. The molecule has 2 aromatic carbocycles. The molecule has 0 bridgehead atoms. The van der Waals surface area contributed by atoms with Crippen LogP contribution in [0.1, 0.15) is 25.3 Å². The van der Waals surface area contributed by atoms with E-state index in [1.54, 1.807) is 12.1 Å². The first-order valence-corrected chi connectivity index (χ1v) is 12.4. The number of benzene rings is 2. The number of halogens is 2. The third-order valence-corrected chi connectivity index (χ3v) is 7.22. The summed E-state index contributed by atoms with van der Waals surface area (Å²) in [5.41, 5.74) is 0.335. The quantitative estimate of drug-likeness (QED) is 0.354. The highest BCUT2D eigenvalue weighted by Crippen LogP contribution is 2.31. The van der Waals surface area contributed by atoms with Crippen molar-refractivity contribution in [2.75, 3.05) is 12.4 Å². The van der Waals surface area contributed by atoms with Gasteiger partial charge < -0.3 is 9.84 Å². The number of nitrogens with zero attached hydrogens (tertiary/aromatic N) is 2. The maximum Gasteiger partial charge on any atom is 0.270 e. The van der Waals surface area contributed by atoms with Gasteiger partial charge in [-0.05, 0) is 61.2 Å². The average molecular weight is 495 g/mol. The highest BCUT2D eigenvalue weighted by molar-refractivity contribution is 7.91. The number of sulfone groups is 1. The highest BCUT2D eigenvalue weighted by Gasteiger charge is 2.20. The lowest BCUT2D eigenvalue weighted by atomic mass is 10.1. The molecule has 0 aliphatic rings. The summed E-state index contributed by atoms with van der Waals surface area (Å²) in [7, 11) is -2.15. The fourth-order valence-electron chi connectivity index (χ4n) is 3.22. The van der Waals surface area contributed by atoms with Crippen LogP contribution in [-0.2, 0) is 23.3 Å². The number of hydrogen-bond donors (Lipinski definition) is 1. The Hall–Kier alpha value is -2.91. The Labute approximate surface area is 196 Å². The molecule has 33 heavy (non-hydrogen) atoms. The molecule has 0 atom stereocenters. The van der Waals surface area contributed by atoms with Crippen molar-refractivity contribution < 1.29 is 22.7 Å². The normalized spacial score (nSPS) is 11.5. The minimum absolute atomic E-state index is 0.0361. The minimum Gasteiger partial charge on any atom is -0.508 e. The fourth-order valence-corrected chi connectivity index (χ4v) is 4.34. The Morgan fingerprint density at radius 1 is 1.15 bits per heavy atom. The van der Waals surface area contributed by atoms with Gasteiger partial charge >= 0.3 is 0 Å². The summed E-state index contributed by atoms with van der Waals surface area (Å²) in [5.74, 6) is -0.612. The minimum atomic E-state index is -3.57. The summed E-state index contributed by atoms with van der Waals surface area (Å²) in [6.07, 6.45) is 1.90. The van der Waals surface area contributed by atoms with E-state index in [4.69, 9.17) is 16.3 Å². The van der Waals surface area contributed by atoms with E-state index in [0.29, 0.717) is 24.3 Å². The Kier molecular flexibility index (Phi) is 7.76. The summed E-state index contributed by atoms with van der Waals surface area (Å²) in [6.45, 7) is 1.72. The summed E-state index contributed by atoms with van der Waals surface area (Å²) in [6, 6.07) is 9.42. The third kappa shape index (κ3) is 5.91. The number of hydrogen-bond acceptors (Lipinski definition) is 6. The van der Waals surface area contributed by atoms with Gasteiger partial charge in [-0.3, -0.25) is 4.79 Å². The molecule has 0 saturated heterocycles. The molecule has 0 radical (unpaired) electrons. The van der Waals surface area contributed by atoms with Gasteiger partial charge in [-0.25, -0.2) is 17.5 Å². The van der Waals surface area contributed by atoms with E-state index < -0.39 is 21.2 Å². The van der Waals surface area contributed by atoms with E-state index >= 15 is 0 Å². The van der Waals surface area contributed by atoms with Crippen molar-refractivity contribution in [2.24, 2.45) is 7.05 Å². The van der Waals surface area contributed by atoms with Crippen LogP contribution >= 0.6 is 11.6 Å². The van der Waals surface area contributed by atoms with Crippen LogP contribution in [-0.4, -0.2) is 35.7 Å². The lowest BCUT2D eigenvalue weighted by molar-refractivity contribution is 0.305. The maximum absolute atomic E-state index is 14.7. The maximum atomic E-state index is 14.7. The van der Waals surface area contributed by atoms with Crippen LogP contribution in [0.25, 0.3) is 11.3 Å². The van der Waals surface area contributed by atoms with Gasteiger partial charge in [-0.15, -0.1) is 0 Å². The summed E-state index contributed by atoms with van der Waals surface area (Å²) >= 11 is 6.13. The molecule has 0 fully saturated rings. The number of ether oxygens (including phenoxy) is 1. The number of rotatable bonds is 9. The third-order valence-electron chi connectivity index (χ3n) is 5.12. The van der Waals surface area contributed by atoms with Crippen molar-refractivity contribution in [1.29, 1.82) is 0 Å². The molecule has 3 rings (SSSR count). The molecule has 0 saturated carbocycles. The molecular formula is C23H24ClFN2O5S. The van der Waals surface area contributed by atoms with E-state index in [1.807, 2.05) is 0 Å². The number of aromatic nitrogens is 2. The van der Waals surface area contributed by atoms with Crippen molar-refractivity contribution in [2.45, 2.75) is 31.1 Å². The molecule has 3 aromatic rings. The zero-order valence-corrected chi connectivity index (χ0v) is 19.8. The zero-order valence-electron chi connectivity index (χ0n) is 18.2. The second-order valence-electron chi connectivity index (χ2n) is 7.45. The molecule has 0 aliphatic carbocycles. The monoisotopic (exact) mass is 494 g/mol. The SMILES string of the molecule is CCS(=O)(=O)c1ccc(F)c(-c2nn(C)c(=O)cc2OCCCCc2cc(O)ccc2Cl)c1. The van der Waals surface area contributed by atoms with Crippen LogP contribution in [0, 0.1) is 5.82 Å². The highest BCUT2D eigenvalue weighted by atomic mass is 35.5. The summed E-state index contributed by atoms with van der Waals surface area (Å²) in [4.78, 5) is 12.1. The van der Waals surface area contributed by atoms with Gasteiger partial charge in [0.15, 0.2) is 15.6 Å². The Balaban J connectivity index is 1.80. The second-order valence-corrected chi connectivity index (χ2v) is 10.1. The number of unbranched alkanes of at least 4 members (excludes halogenated alkanes) is 1. The predicted octanol–water partition coefficient (Wildman–Crippen LogP) is 4.14. The topological polar surface area (TPSA) is 98.5 Å². The van der Waals surface area contributed by atoms with Crippen molar-refractivity contribution in [3.8, 4) is 22.8 Å². The molecule has 0 aliphatic heterocycles. The summed E-state index contributed by atoms with van der Waals surface area (Å²) in [5, 5.41) is 14.3. The molecule has 0 spiro atoms. The standard InChI is InChI=1S/C23H24ClFN2O5S/c1-3-33(30,31)17-8-10-20(25)18(13-17)23-21(14-22(29)27(2)26-23)32-11-5-4-6-15-12-16(28)7-9-19(15)24/h7-10,12-14,28H,3-6,11H2,1-2H3. The van der Waals surface area contributed by atoms with E-state index in [1.165, 1.54) is 38.2 Å². The van der Waals surface area contributed by atoms with Crippen molar-refractivity contribution in [3.63, 3.8) is 0 Å². The van der Waals surface area contributed by atoms with Crippen molar-refractivity contribution in [1.82, 2.24) is 9.78 Å². The molecule has 0 unspecified atom stereocenters. The average Bonchev–Trinajstić information content (AvgIpc) is 2.78. The van der Waals surface area contributed by atoms with Crippen LogP contribution in [0.3, 0.4) is 0 Å². The van der Waals surface area contributed by atoms with Gasteiger partial charge in [0.25, 0.3) is 5.56 Å². The largest absolute Gasteiger partial charge is 0.508 e. The zero-order chi connectivity index (χ0) is 24.2. The van der Waals surface area contributed by atoms with Gasteiger partial charge in [-0.1, -0.05) is 18.5 Å². The van der Waals surface area contributed by atoms with Gasteiger partial charge in [-0.2, -0.15) is 5.10 Å². The van der Waals surface area contributed by atoms with Crippen LogP contribution in [0.2, 0.25) is 5.02 Å². The predicted molar refractivity (Wildman–Crippen MR) is 124 cm³/mol. The van der Waals surface area contributed by atoms with Gasteiger partial charge in [0.2, 0.25) is 0 Å². The van der Waals surface area contributed by atoms with E-state index in [9.17, 15) is 22.7 Å². The van der Waals surface area contributed by atoms with Gasteiger partial charge in [0.1, 0.15) is 17.3 Å². The fraction of sp³-hybridized carbons (Fsp3) is 0.304. The molecule has 1 aromatic heterocycles. The number of aromatic hydroxyl groups is 1. The van der Waals surface area contributed by atoms with Gasteiger partial charge in [0, 0.05) is 23.7 Å². The Bertz CT molecular complexity index is 1320. The lowest BCUT2D eigenvalue weighted by Crippen LogP contribution is -2.20. The first kappa shape index (κ1) is 24.7. The number of phenolic OH excluding ortho intramolecular Hbond substituents is 1. The van der Waals surface area contributed by atoms with E-state index in [0.717, 1.165) is 16.3 Å².